The minimum atomic E-state index is -0.167. The van der Waals surface area contributed by atoms with E-state index in [4.69, 9.17) is 0 Å². The van der Waals surface area contributed by atoms with E-state index in [0.29, 0.717) is 0 Å². The van der Waals surface area contributed by atoms with Crippen LogP contribution in [0.2, 0.25) is 0 Å². The highest BCUT2D eigenvalue weighted by molar-refractivity contribution is 5.94. The van der Waals surface area contributed by atoms with Crippen molar-refractivity contribution in [2.24, 2.45) is 11.3 Å². The summed E-state index contributed by atoms with van der Waals surface area (Å²) in [7, 11) is 0. The summed E-state index contributed by atoms with van der Waals surface area (Å²) in [6, 6.07) is 1.52. The average molecular weight is 372 g/mol. The van der Waals surface area contributed by atoms with Gasteiger partial charge in [0.1, 0.15) is 5.56 Å². The second-order valence-corrected chi connectivity index (χ2v) is 9.21. The number of nitrogens with one attached hydrogen (secondary N) is 1. The van der Waals surface area contributed by atoms with Crippen LogP contribution in [-0.4, -0.2) is 53.4 Å². The van der Waals surface area contributed by atoms with Crippen molar-refractivity contribution in [3.05, 3.63) is 33.7 Å². The number of amides is 1. The van der Waals surface area contributed by atoms with Gasteiger partial charge in [0.25, 0.3) is 5.91 Å². The molecule has 1 aliphatic carbocycles. The van der Waals surface area contributed by atoms with Gasteiger partial charge in [0.15, 0.2) is 5.43 Å². The van der Waals surface area contributed by atoms with Crippen molar-refractivity contribution < 1.29 is 4.79 Å². The first-order valence-corrected chi connectivity index (χ1v) is 10.8. The lowest BCUT2D eigenvalue weighted by Crippen LogP contribution is -2.47. The number of hydrogen-bond donors (Lipinski definition) is 1. The van der Waals surface area contributed by atoms with E-state index in [-0.39, 0.29) is 22.3 Å². The first-order chi connectivity index (χ1) is 13.0. The largest absolute Gasteiger partial charge is 0.364 e. The van der Waals surface area contributed by atoms with Gasteiger partial charge in [-0.1, -0.05) is 19.3 Å². The summed E-state index contributed by atoms with van der Waals surface area (Å²) >= 11 is 0. The fourth-order valence-electron chi connectivity index (χ4n) is 5.55. The van der Waals surface area contributed by atoms with Crippen LogP contribution >= 0.6 is 0 Å². The zero-order chi connectivity index (χ0) is 18.9. The average Bonchev–Trinajstić information content (AvgIpc) is 3.05. The molecular formula is C22H33N3O2. The van der Waals surface area contributed by atoms with E-state index >= 15 is 0 Å². The number of H-pyrrole nitrogens is 1. The molecule has 1 saturated carbocycles. The molecule has 5 nitrogen and oxygen atoms in total. The van der Waals surface area contributed by atoms with Crippen LogP contribution in [-0.2, 0) is 0 Å². The van der Waals surface area contributed by atoms with Gasteiger partial charge in [-0.3, -0.25) is 9.59 Å². The highest BCUT2D eigenvalue weighted by atomic mass is 16.2. The monoisotopic (exact) mass is 371 g/mol. The smallest absolute Gasteiger partial charge is 0.259 e. The van der Waals surface area contributed by atoms with Gasteiger partial charge in [-0.15, -0.1) is 0 Å². The molecule has 0 unspecified atom stereocenters. The predicted octanol–water partition coefficient (Wildman–Crippen LogP) is 3.19. The second kappa shape index (κ2) is 7.78. The number of aromatic nitrogens is 1. The molecule has 3 aliphatic rings. The Balaban J connectivity index is 1.39. The maximum Gasteiger partial charge on any atom is 0.259 e. The summed E-state index contributed by atoms with van der Waals surface area (Å²) in [5.74, 6) is 0.775. The van der Waals surface area contributed by atoms with Crippen molar-refractivity contribution in [1.29, 1.82) is 0 Å². The fourth-order valence-corrected chi connectivity index (χ4v) is 5.55. The number of likely N-dealkylation sites (tertiary alicyclic amines) is 2. The molecule has 2 aliphatic heterocycles. The summed E-state index contributed by atoms with van der Waals surface area (Å²) in [5.41, 5.74) is 1.15. The molecule has 1 atom stereocenters. The summed E-state index contributed by atoms with van der Waals surface area (Å²) in [4.78, 5) is 32.7. The van der Waals surface area contributed by atoms with Gasteiger partial charge in [-0.05, 0) is 51.5 Å². The second-order valence-electron chi connectivity index (χ2n) is 9.21. The van der Waals surface area contributed by atoms with Crippen LogP contribution in [0.15, 0.2) is 17.1 Å². The summed E-state index contributed by atoms with van der Waals surface area (Å²) in [6.07, 6.45) is 12.1. The number of piperidine rings is 1. The highest BCUT2D eigenvalue weighted by Gasteiger charge is 2.43. The molecule has 5 heteroatoms. The van der Waals surface area contributed by atoms with E-state index in [0.717, 1.165) is 37.7 Å². The molecule has 1 aromatic heterocycles. The zero-order valence-corrected chi connectivity index (χ0v) is 16.6. The highest BCUT2D eigenvalue weighted by Crippen LogP contribution is 2.40. The first-order valence-electron chi connectivity index (χ1n) is 10.8. The van der Waals surface area contributed by atoms with Crippen molar-refractivity contribution in [2.45, 2.75) is 58.3 Å². The Labute approximate surface area is 162 Å². The summed E-state index contributed by atoms with van der Waals surface area (Å²) in [6.45, 7) is 7.00. The molecule has 1 spiro atoms. The fraction of sp³-hybridized carbons (Fsp3) is 0.727. The Morgan fingerprint density at radius 1 is 1.15 bits per heavy atom. The number of pyridine rings is 1. The molecule has 4 rings (SSSR count). The summed E-state index contributed by atoms with van der Waals surface area (Å²) in [5, 5.41) is 0. The van der Waals surface area contributed by atoms with E-state index in [1.807, 2.05) is 11.8 Å². The molecule has 1 aromatic rings. The number of hydrogen-bond acceptors (Lipinski definition) is 3. The van der Waals surface area contributed by atoms with Gasteiger partial charge in [0.05, 0.1) is 0 Å². The maximum atomic E-state index is 12.9. The third-order valence-electron chi connectivity index (χ3n) is 6.99. The Kier molecular flexibility index (Phi) is 5.40. The van der Waals surface area contributed by atoms with Crippen molar-refractivity contribution >= 4 is 5.91 Å². The van der Waals surface area contributed by atoms with E-state index in [1.165, 1.54) is 64.1 Å². The van der Waals surface area contributed by atoms with Crippen LogP contribution in [0, 0.1) is 18.3 Å². The quantitative estimate of drug-likeness (QED) is 0.888. The van der Waals surface area contributed by atoms with E-state index in [2.05, 4.69) is 9.88 Å². The molecule has 1 N–H and O–H groups in total. The van der Waals surface area contributed by atoms with Gasteiger partial charge in [-0.25, -0.2) is 0 Å². The molecule has 0 bridgehead atoms. The molecule has 0 radical (unpaired) electrons. The molecular weight excluding hydrogens is 338 g/mol. The van der Waals surface area contributed by atoms with Crippen LogP contribution in [0.3, 0.4) is 0 Å². The lowest BCUT2D eigenvalue weighted by molar-refractivity contribution is 0.0629. The van der Waals surface area contributed by atoms with Crippen LogP contribution in [0.1, 0.15) is 67.4 Å². The number of aryl methyl sites for hydroxylation is 1. The standard InChI is InChI=1S/C22H33N3O2/c1-17-12-20(26)19(13-23-17)21(27)25-11-9-22(16-25)8-5-10-24(15-22)14-18-6-3-2-4-7-18/h12-13,18H,2-11,14-16H2,1H3,(H,23,26)/t22-/m1/s1. The van der Waals surface area contributed by atoms with Crippen LogP contribution in [0.5, 0.6) is 0 Å². The normalized spacial score (nSPS) is 27.4. The van der Waals surface area contributed by atoms with Gasteiger partial charge in [0, 0.05) is 49.6 Å². The number of carbonyl (C=O) groups excluding carboxylic acids is 1. The van der Waals surface area contributed by atoms with Crippen molar-refractivity contribution in [1.82, 2.24) is 14.8 Å². The van der Waals surface area contributed by atoms with Crippen LogP contribution in [0.25, 0.3) is 0 Å². The van der Waals surface area contributed by atoms with E-state index < -0.39 is 0 Å². The zero-order valence-electron chi connectivity index (χ0n) is 16.6. The molecule has 0 aromatic carbocycles. The molecule has 27 heavy (non-hydrogen) atoms. The lowest BCUT2D eigenvalue weighted by Gasteiger charge is -2.42. The third-order valence-corrected chi connectivity index (χ3v) is 6.99. The Morgan fingerprint density at radius 3 is 2.74 bits per heavy atom. The topological polar surface area (TPSA) is 56.4 Å². The minimum Gasteiger partial charge on any atom is -0.364 e. The van der Waals surface area contributed by atoms with Gasteiger partial charge < -0.3 is 14.8 Å². The Morgan fingerprint density at radius 2 is 1.96 bits per heavy atom. The van der Waals surface area contributed by atoms with Crippen molar-refractivity contribution in [2.75, 3.05) is 32.7 Å². The number of nitrogens with zero attached hydrogens (tertiary/aromatic N) is 2. The van der Waals surface area contributed by atoms with Crippen LogP contribution < -0.4 is 5.43 Å². The van der Waals surface area contributed by atoms with E-state index in [1.54, 1.807) is 6.20 Å². The molecule has 2 saturated heterocycles. The molecule has 3 heterocycles. The van der Waals surface area contributed by atoms with Crippen molar-refractivity contribution in [3.8, 4) is 0 Å². The number of carbonyl (C=O) groups is 1. The maximum absolute atomic E-state index is 12.9. The minimum absolute atomic E-state index is 0.0995. The Hall–Kier alpha value is -1.62. The third kappa shape index (κ3) is 4.13. The molecule has 3 fully saturated rings. The van der Waals surface area contributed by atoms with Gasteiger partial charge in [0.2, 0.25) is 0 Å². The van der Waals surface area contributed by atoms with Gasteiger partial charge >= 0.3 is 0 Å². The lowest BCUT2D eigenvalue weighted by atomic mass is 9.78. The number of aromatic amines is 1. The molecule has 148 valence electrons. The van der Waals surface area contributed by atoms with Gasteiger partial charge in [-0.2, -0.15) is 0 Å². The van der Waals surface area contributed by atoms with Crippen LogP contribution in [0.4, 0.5) is 0 Å². The first kappa shape index (κ1) is 18.7. The Bertz CT molecular complexity index is 737. The SMILES string of the molecule is Cc1cc(=O)c(C(=O)N2CC[C@@]3(CCCN(CC4CCCCC4)C3)C2)c[nH]1. The number of rotatable bonds is 3. The predicted molar refractivity (Wildman–Crippen MR) is 107 cm³/mol. The molecule has 1 amide bonds. The van der Waals surface area contributed by atoms with E-state index in [9.17, 15) is 9.59 Å². The van der Waals surface area contributed by atoms with Crippen molar-refractivity contribution in [3.63, 3.8) is 0 Å². The summed E-state index contributed by atoms with van der Waals surface area (Å²) < 4.78 is 0.